The number of methoxy groups -OCH3 is 1. The van der Waals surface area contributed by atoms with E-state index in [0.29, 0.717) is 42.7 Å². The molecule has 1 fully saturated rings. The molecule has 2 aliphatic rings. The Morgan fingerprint density at radius 1 is 1.04 bits per heavy atom. The Bertz CT molecular complexity index is 1770. The molecule has 256 valence electrons. The molecule has 1 aliphatic carbocycles. The molecule has 1 aliphatic heterocycles. The van der Waals surface area contributed by atoms with Crippen LogP contribution in [0.2, 0.25) is 0 Å². The summed E-state index contributed by atoms with van der Waals surface area (Å²) in [6, 6.07) is 5.23. The topological polar surface area (TPSA) is 89.0 Å². The second-order valence-electron chi connectivity index (χ2n) is 12.7. The minimum atomic E-state index is -5.07. The SMILES string of the molecule is COc1cnc(-c2ccc(C(=O)O)cc2F)cc1C1=C(CN2C(=O)OC(c3cc(C(F)(F)F)cc(C(F)(F)F)c3)[C@@H]2C)CC(C)(C)CC1. The van der Waals surface area contributed by atoms with Gasteiger partial charge in [0, 0.05) is 17.7 Å². The summed E-state index contributed by atoms with van der Waals surface area (Å²) in [5.41, 5.74) is -1.67. The third-order valence-electron chi connectivity index (χ3n) is 8.77. The van der Waals surface area contributed by atoms with Gasteiger partial charge < -0.3 is 14.6 Å². The number of carboxylic acids is 1. The minimum absolute atomic E-state index is 0.0205. The molecular weight excluding hydrogens is 649 g/mol. The second kappa shape index (κ2) is 12.4. The summed E-state index contributed by atoms with van der Waals surface area (Å²) in [6.45, 7) is 5.48. The number of carbonyl (C=O) groups is 2. The molecule has 0 spiro atoms. The van der Waals surface area contributed by atoms with E-state index in [1.54, 1.807) is 6.07 Å². The summed E-state index contributed by atoms with van der Waals surface area (Å²) in [6.07, 6.45) is -9.40. The van der Waals surface area contributed by atoms with Gasteiger partial charge in [0.15, 0.2) is 0 Å². The third-order valence-corrected chi connectivity index (χ3v) is 8.77. The van der Waals surface area contributed by atoms with Crippen LogP contribution in [0.25, 0.3) is 16.8 Å². The van der Waals surface area contributed by atoms with E-state index in [4.69, 9.17) is 9.47 Å². The first-order valence-corrected chi connectivity index (χ1v) is 14.8. The van der Waals surface area contributed by atoms with Gasteiger partial charge in [-0.25, -0.2) is 14.0 Å². The number of aromatic nitrogens is 1. The first-order valence-electron chi connectivity index (χ1n) is 14.8. The van der Waals surface area contributed by atoms with Crippen molar-refractivity contribution in [3.63, 3.8) is 0 Å². The number of ether oxygens (including phenoxy) is 2. The average molecular weight is 681 g/mol. The number of hydrogen-bond acceptors (Lipinski definition) is 5. The molecule has 1 N–H and O–H groups in total. The van der Waals surface area contributed by atoms with E-state index in [1.165, 1.54) is 37.3 Å². The normalized spacial score (nSPS) is 19.8. The number of carbonyl (C=O) groups excluding carboxylic acids is 1. The molecule has 2 aromatic carbocycles. The van der Waals surface area contributed by atoms with E-state index in [2.05, 4.69) is 4.98 Å². The fourth-order valence-electron chi connectivity index (χ4n) is 6.24. The van der Waals surface area contributed by atoms with E-state index in [9.17, 15) is 41.0 Å². The molecule has 0 saturated carbocycles. The smallest absolute Gasteiger partial charge is 0.416 e. The highest BCUT2D eigenvalue weighted by Gasteiger charge is 2.44. The van der Waals surface area contributed by atoms with Gasteiger partial charge in [0.2, 0.25) is 0 Å². The summed E-state index contributed by atoms with van der Waals surface area (Å²) in [4.78, 5) is 30.1. The summed E-state index contributed by atoms with van der Waals surface area (Å²) in [5, 5.41) is 9.22. The maximum absolute atomic E-state index is 15.0. The van der Waals surface area contributed by atoms with Crippen molar-refractivity contribution in [1.82, 2.24) is 9.88 Å². The summed E-state index contributed by atoms with van der Waals surface area (Å²) in [7, 11) is 1.42. The number of allylic oxidation sites excluding steroid dienone is 1. The molecule has 5 rings (SSSR count). The van der Waals surface area contributed by atoms with Crippen LogP contribution < -0.4 is 4.74 Å². The number of amides is 1. The lowest BCUT2D eigenvalue weighted by Crippen LogP contribution is -2.35. The third kappa shape index (κ3) is 6.97. The number of halogens is 7. The van der Waals surface area contributed by atoms with Crippen molar-refractivity contribution in [2.75, 3.05) is 13.7 Å². The lowest BCUT2D eigenvalue weighted by molar-refractivity contribution is -0.143. The largest absolute Gasteiger partial charge is 0.495 e. The Balaban J connectivity index is 1.55. The van der Waals surface area contributed by atoms with E-state index in [1.807, 2.05) is 13.8 Å². The van der Waals surface area contributed by atoms with Gasteiger partial charge in [-0.1, -0.05) is 13.8 Å². The highest BCUT2D eigenvalue weighted by molar-refractivity contribution is 5.88. The van der Waals surface area contributed by atoms with Gasteiger partial charge in [-0.3, -0.25) is 9.88 Å². The van der Waals surface area contributed by atoms with E-state index >= 15 is 4.39 Å². The number of cyclic esters (lactones) is 1. The van der Waals surface area contributed by atoms with Crippen LogP contribution in [0.5, 0.6) is 5.75 Å². The van der Waals surface area contributed by atoms with Crippen LogP contribution in [0.1, 0.15) is 78.7 Å². The highest BCUT2D eigenvalue weighted by atomic mass is 19.4. The van der Waals surface area contributed by atoms with Crippen molar-refractivity contribution in [1.29, 1.82) is 0 Å². The summed E-state index contributed by atoms with van der Waals surface area (Å²) < 4.78 is 107. The number of carboxylic acid groups (broad SMARTS) is 1. The fourth-order valence-corrected chi connectivity index (χ4v) is 6.24. The molecule has 1 amide bonds. The molecule has 14 heteroatoms. The molecule has 0 radical (unpaired) electrons. The van der Waals surface area contributed by atoms with Gasteiger partial charge in [-0.05, 0) is 90.8 Å². The number of hydrogen-bond donors (Lipinski definition) is 1. The van der Waals surface area contributed by atoms with Gasteiger partial charge in [0.25, 0.3) is 0 Å². The molecule has 3 aromatic rings. The predicted molar refractivity (Wildman–Crippen MR) is 160 cm³/mol. The average Bonchev–Trinajstić information content (AvgIpc) is 3.27. The van der Waals surface area contributed by atoms with E-state index in [-0.39, 0.29) is 34.8 Å². The Morgan fingerprint density at radius 3 is 2.25 bits per heavy atom. The van der Waals surface area contributed by atoms with Crippen LogP contribution in [0.3, 0.4) is 0 Å². The number of aromatic carboxylic acids is 1. The zero-order valence-electron chi connectivity index (χ0n) is 26.2. The molecule has 48 heavy (non-hydrogen) atoms. The van der Waals surface area contributed by atoms with Crippen LogP contribution in [0, 0.1) is 11.2 Å². The maximum atomic E-state index is 15.0. The van der Waals surface area contributed by atoms with E-state index in [0.717, 1.165) is 17.2 Å². The van der Waals surface area contributed by atoms with Gasteiger partial charge in [0.05, 0.1) is 41.7 Å². The van der Waals surface area contributed by atoms with Gasteiger partial charge in [-0.2, -0.15) is 26.3 Å². The molecule has 7 nitrogen and oxygen atoms in total. The van der Waals surface area contributed by atoms with Crippen molar-refractivity contribution < 1.29 is 54.9 Å². The highest BCUT2D eigenvalue weighted by Crippen LogP contribution is 2.47. The van der Waals surface area contributed by atoms with E-state index < -0.39 is 59.1 Å². The molecule has 2 heterocycles. The Labute approximate surface area is 271 Å². The number of rotatable bonds is 7. The zero-order valence-corrected chi connectivity index (χ0v) is 26.2. The van der Waals surface area contributed by atoms with Crippen molar-refractivity contribution in [3.05, 3.63) is 87.9 Å². The first-order chi connectivity index (χ1) is 22.3. The number of pyridine rings is 1. The zero-order chi connectivity index (χ0) is 35.3. The Kier molecular flexibility index (Phi) is 8.99. The van der Waals surface area contributed by atoms with Crippen LogP contribution in [0.15, 0.2) is 54.2 Å². The van der Waals surface area contributed by atoms with Gasteiger partial charge >= 0.3 is 24.4 Å². The molecule has 1 saturated heterocycles. The lowest BCUT2D eigenvalue weighted by atomic mass is 9.72. The minimum Gasteiger partial charge on any atom is -0.495 e. The molecule has 1 unspecified atom stereocenters. The van der Waals surface area contributed by atoms with Crippen LogP contribution >= 0.6 is 0 Å². The summed E-state index contributed by atoms with van der Waals surface area (Å²) >= 11 is 0. The van der Waals surface area contributed by atoms with Crippen molar-refractivity contribution in [3.8, 4) is 17.0 Å². The molecule has 1 aromatic heterocycles. The summed E-state index contributed by atoms with van der Waals surface area (Å²) in [5.74, 6) is -1.76. The predicted octanol–water partition coefficient (Wildman–Crippen LogP) is 9.18. The van der Waals surface area contributed by atoms with Crippen molar-refractivity contribution in [2.24, 2.45) is 5.41 Å². The Morgan fingerprint density at radius 2 is 1.69 bits per heavy atom. The quantitative estimate of drug-likeness (QED) is 0.251. The van der Waals surface area contributed by atoms with Crippen LogP contribution in [0.4, 0.5) is 35.5 Å². The number of benzene rings is 2. The van der Waals surface area contributed by atoms with Crippen molar-refractivity contribution >= 4 is 17.6 Å². The molecule has 0 bridgehead atoms. The van der Waals surface area contributed by atoms with Crippen molar-refractivity contribution in [2.45, 2.75) is 64.5 Å². The lowest BCUT2D eigenvalue weighted by Gasteiger charge is -2.36. The molecule has 2 atom stereocenters. The standard InChI is InChI=1S/C34H31F7N2O5/c1-17-29(19-9-21(33(36,37)38)12-22(10-19)34(39,40)41)48-31(46)43(17)16-20-14-32(2,3)8-7-23(20)25-13-27(42-15-28(25)47-4)24-6-5-18(30(44)45)11-26(24)35/h5-6,9-13,15,17,29H,7-8,14,16H2,1-4H3,(H,44,45)/t17-,29?/m0/s1. The monoisotopic (exact) mass is 680 g/mol. The molecular formula is C34H31F7N2O5. The maximum Gasteiger partial charge on any atom is 0.416 e. The van der Waals surface area contributed by atoms with Crippen LogP contribution in [-0.4, -0.2) is 46.7 Å². The first kappa shape index (κ1) is 34.7. The number of nitrogens with zero attached hydrogens (tertiary/aromatic N) is 2. The second-order valence-corrected chi connectivity index (χ2v) is 12.7. The Hall–Kier alpha value is -4.62. The van der Waals surface area contributed by atoms with Crippen LogP contribution in [-0.2, 0) is 17.1 Å². The van der Waals surface area contributed by atoms with Gasteiger partial charge in [0.1, 0.15) is 17.7 Å². The number of alkyl halides is 6. The fraction of sp³-hybridized carbons (Fsp3) is 0.382. The van der Waals surface area contributed by atoms with Gasteiger partial charge in [-0.15, -0.1) is 0 Å².